The highest BCUT2D eigenvalue weighted by molar-refractivity contribution is 5.80. The van der Waals surface area contributed by atoms with Crippen molar-refractivity contribution in [3.63, 3.8) is 0 Å². The Morgan fingerprint density at radius 3 is 2.61 bits per heavy atom. The van der Waals surface area contributed by atoms with Gasteiger partial charge in [-0.1, -0.05) is 25.0 Å². The fourth-order valence-corrected chi connectivity index (χ4v) is 3.21. The van der Waals surface area contributed by atoms with Gasteiger partial charge in [0.05, 0.1) is 24.5 Å². The summed E-state index contributed by atoms with van der Waals surface area (Å²) in [5.41, 5.74) is 0.290. The van der Waals surface area contributed by atoms with Crippen molar-refractivity contribution in [3.05, 3.63) is 29.8 Å². The average molecular weight is 319 g/mol. The number of ether oxygens (including phenoxy) is 1. The fraction of sp³-hybridized carbons (Fsp3) is 0.556. The lowest BCUT2D eigenvalue weighted by molar-refractivity contribution is -0.139. The lowest BCUT2D eigenvalue weighted by Crippen LogP contribution is -2.48. The second kappa shape index (κ2) is 7.49. The van der Waals surface area contributed by atoms with Gasteiger partial charge < -0.3 is 15.2 Å². The number of benzene rings is 1. The second-order valence-electron chi connectivity index (χ2n) is 6.60. The first-order chi connectivity index (χ1) is 10.9. The molecule has 1 aliphatic rings. The molecule has 0 radical (unpaired) electrons. The first kappa shape index (κ1) is 17.3. The van der Waals surface area contributed by atoms with Crippen LogP contribution in [-0.4, -0.2) is 28.6 Å². The highest BCUT2D eigenvalue weighted by Crippen LogP contribution is 2.32. The summed E-state index contributed by atoms with van der Waals surface area (Å²) in [4.78, 5) is 23.4. The summed E-state index contributed by atoms with van der Waals surface area (Å²) < 4.78 is 5.63. The second-order valence-corrected chi connectivity index (χ2v) is 6.60. The maximum absolute atomic E-state index is 12.3. The van der Waals surface area contributed by atoms with Gasteiger partial charge in [-0.15, -0.1) is 0 Å². The van der Waals surface area contributed by atoms with Crippen LogP contribution in [-0.2, 0) is 16.0 Å². The molecule has 126 valence electrons. The van der Waals surface area contributed by atoms with Gasteiger partial charge in [-0.3, -0.25) is 9.59 Å². The zero-order chi connectivity index (χ0) is 16.9. The molecule has 1 fully saturated rings. The van der Waals surface area contributed by atoms with E-state index in [-0.39, 0.29) is 24.9 Å². The van der Waals surface area contributed by atoms with Crippen molar-refractivity contribution >= 4 is 11.9 Å². The van der Waals surface area contributed by atoms with E-state index in [0.29, 0.717) is 0 Å². The van der Waals surface area contributed by atoms with Crippen LogP contribution in [0.25, 0.3) is 0 Å². The number of rotatable bonds is 7. The summed E-state index contributed by atoms with van der Waals surface area (Å²) in [5, 5.41) is 12.1. The van der Waals surface area contributed by atoms with Gasteiger partial charge in [0, 0.05) is 0 Å². The zero-order valence-electron chi connectivity index (χ0n) is 13.8. The van der Waals surface area contributed by atoms with Crippen LogP contribution in [0.4, 0.5) is 0 Å². The van der Waals surface area contributed by atoms with Gasteiger partial charge >= 0.3 is 5.97 Å². The van der Waals surface area contributed by atoms with Crippen LogP contribution in [0.1, 0.15) is 51.5 Å². The fourth-order valence-electron chi connectivity index (χ4n) is 3.21. The number of carbonyl (C=O) groups excluding carboxylic acids is 1. The molecule has 1 aromatic carbocycles. The summed E-state index contributed by atoms with van der Waals surface area (Å²) in [5.74, 6) is -0.249. The van der Waals surface area contributed by atoms with Gasteiger partial charge in [0.2, 0.25) is 5.91 Å². The molecule has 1 amide bonds. The quantitative estimate of drug-likeness (QED) is 0.810. The molecular weight excluding hydrogens is 294 g/mol. The molecule has 1 aromatic rings. The summed E-state index contributed by atoms with van der Waals surface area (Å²) in [6, 6.07) is 7.47. The van der Waals surface area contributed by atoms with Crippen LogP contribution in [0.3, 0.4) is 0 Å². The zero-order valence-corrected chi connectivity index (χ0v) is 13.8. The van der Waals surface area contributed by atoms with Gasteiger partial charge in [0.25, 0.3) is 0 Å². The molecule has 0 heterocycles. The molecule has 0 saturated heterocycles. The molecule has 0 bridgehead atoms. The van der Waals surface area contributed by atoms with E-state index >= 15 is 0 Å². The number of carboxylic acid groups (broad SMARTS) is 1. The van der Waals surface area contributed by atoms with Crippen molar-refractivity contribution in [2.24, 2.45) is 0 Å². The van der Waals surface area contributed by atoms with Crippen LogP contribution in [0.5, 0.6) is 5.75 Å². The lowest BCUT2D eigenvalue weighted by atomic mass is 9.92. The van der Waals surface area contributed by atoms with Crippen molar-refractivity contribution in [2.45, 2.75) is 64.0 Å². The smallest absolute Gasteiger partial charge is 0.305 e. The minimum atomic E-state index is -0.862. The predicted molar refractivity (Wildman–Crippen MR) is 87.5 cm³/mol. The van der Waals surface area contributed by atoms with E-state index in [2.05, 4.69) is 5.32 Å². The molecule has 0 atom stereocenters. The number of aliphatic carboxylic acids is 1. The van der Waals surface area contributed by atoms with Crippen LogP contribution in [0.2, 0.25) is 0 Å². The Kier molecular flexibility index (Phi) is 5.64. The average Bonchev–Trinajstić information content (AvgIpc) is 2.85. The number of nitrogens with one attached hydrogen (secondary N) is 1. The summed E-state index contributed by atoms with van der Waals surface area (Å²) >= 11 is 0. The molecule has 5 heteroatoms. The lowest BCUT2D eigenvalue weighted by Gasteiger charge is -2.28. The van der Waals surface area contributed by atoms with E-state index in [9.17, 15) is 9.59 Å². The van der Waals surface area contributed by atoms with Gasteiger partial charge in [0.15, 0.2) is 0 Å². The largest absolute Gasteiger partial charge is 0.491 e. The van der Waals surface area contributed by atoms with Crippen LogP contribution in [0.15, 0.2) is 24.3 Å². The van der Waals surface area contributed by atoms with Gasteiger partial charge in [-0.25, -0.2) is 0 Å². The van der Waals surface area contributed by atoms with Crippen molar-refractivity contribution in [1.29, 1.82) is 0 Å². The highest BCUT2D eigenvalue weighted by Gasteiger charge is 2.37. The Bertz CT molecular complexity index is 562. The SMILES string of the molecule is CC(C)Oc1cccc(CC(=O)NC2(CC(=O)O)CCCC2)c1. The molecule has 5 nitrogen and oxygen atoms in total. The summed E-state index contributed by atoms with van der Waals surface area (Å²) in [6.07, 6.45) is 3.71. The summed E-state index contributed by atoms with van der Waals surface area (Å²) in [7, 11) is 0. The Morgan fingerprint density at radius 1 is 1.30 bits per heavy atom. The maximum Gasteiger partial charge on any atom is 0.305 e. The van der Waals surface area contributed by atoms with Crippen molar-refractivity contribution in [1.82, 2.24) is 5.32 Å². The maximum atomic E-state index is 12.3. The van der Waals surface area contributed by atoms with Crippen LogP contribution < -0.4 is 10.1 Å². The number of hydrogen-bond donors (Lipinski definition) is 2. The Labute approximate surface area is 137 Å². The molecule has 23 heavy (non-hydrogen) atoms. The third kappa shape index (κ3) is 5.27. The molecule has 0 unspecified atom stereocenters. The molecule has 2 rings (SSSR count). The minimum Gasteiger partial charge on any atom is -0.491 e. The molecule has 1 saturated carbocycles. The Morgan fingerprint density at radius 2 is 2.00 bits per heavy atom. The Hall–Kier alpha value is -2.04. The van der Waals surface area contributed by atoms with E-state index in [0.717, 1.165) is 37.0 Å². The monoisotopic (exact) mass is 319 g/mol. The first-order valence-electron chi connectivity index (χ1n) is 8.17. The molecule has 0 aliphatic heterocycles. The summed E-state index contributed by atoms with van der Waals surface area (Å²) in [6.45, 7) is 3.91. The third-order valence-corrected chi connectivity index (χ3v) is 4.09. The van der Waals surface area contributed by atoms with Crippen LogP contribution >= 0.6 is 0 Å². The van der Waals surface area contributed by atoms with Gasteiger partial charge in [-0.2, -0.15) is 0 Å². The molecule has 1 aliphatic carbocycles. The van der Waals surface area contributed by atoms with Crippen molar-refractivity contribution in [2.75, 3.05) is 0 Å². The van der Waals surface area contributed by atoms with Gasteiger partial charge in [0.1, 0.15) is 5.75 Å². The molecular formula is C18H25NO4. The van der Waals surface area contributed by atoms with Crippen molar-refractivity contribution < 1.29 is 19.4 Å². The number of carboxylic acids is 1. The minimum absolute atomic E-state index is 0.00472. The van der Waals surface area contributed by atoms with E-state index in [4.69, 9.17) is 9.84 Å². The normalized spacial score (nSPS) is 16.3. The topological polar surface area (TPSA) is 75.6 Å². The predicted octanol–water partition coefficient (Wildman–Crippen LogP) is 2.92. The van der Waals surface area contributed by atoms with Crippen LogP contribution in [0, 0.1) is 0 Å². The van der Waals surface area contributed by atoms with E-state index < -0.39 is 11.5 Å². The van der Waals surface area contributed by atoms with E-state index in [1.807, 2.05) is 38.1 Å². The first-order valence-corrected chi connectivity index (χ1v) is 8.17. The molecule has 2 N–H and O–H groups in total. The van der Waals surface area contributed by atoms with E-state index in [1.165, 1.54) is 0 Å². The number of carbonyl (C=O) groups is 2. The standard InChI is InChI=1S/C18H25NO4/c1-13(2)23-15-7-5-6-14(10-15)11-16(20)19-18(12-17(21)22)8-3-4-9-18/h5-7,10,13H,3-4,8-9,11-12H2,1-2H3,(H,19,20)(H,21,22). The highest BCUT2D eigenvalue weighted by atomic mass is 16.5. The molecule has 0 spiro atoms. The van der Waals surface area contributed by atoms with Crippen molar-refractivity contribution in [3.8, 4) is 5.75 Å². The Balaban J connectivity index is 1.99. The van der Waals surface area contributed by atoms with E-state index in [1.54, 1.807) is 0 Å². The molecule has 0 aromatic heterocycles. The number of hydrogen-bond acceptors (Lipinski definition) is 3. The van der Waals surface area contributed by atoms with Gasteiger partial charge in [-0.05, 0) is 44.4 Å². The number of amides is 1. The third-order valence-electron chi connectivity index (χ3n) is 4.09.